The van der Waals surface area contributed by atoms with E-state index in [-0.39, 0.29) is 0 Å². The van der Waals surface area contributed by atoms with Crippen LogP contribution in [0.3, 0.4) is 0 Å². The Morgan fingerprint density at radius 3 is 1.79 bits per heavy atom. The Bertz CT molecular complexity index is 2210. The number of benzene rings is 6. The van der Waals surface area contributed by atoms with E-state index >= 15 is 0 Å². The molecule has 0 amide bonds. The molecular formula is C35H23N2PSe. The molecule has 184 valence electrons. The Kier molecular flexibility index (Phi) is 5.15. The van der Waals surface area contributed by atoms with Gasteiger partial charge in [0.25, 0.3) is 0 Å². The fourth-order valence-corrected chi connectivity index (χ4v) is 11.5. The molecule has 8 aromatic rings. The summed E-state index contributed by atoms with van der Waals surface area (Å²) in [5.41, 5.74) is 2.33. The molecular weight excluding hydrogens is 558 g/mol. The third-order valence-electron chi connectivity index (χ3n) is 7.83. The van der Waals surface area contributed by atoms with E-state index in [0.717, 1.165) is 16.7 Å². The van der Waals surface area contributed by atoms with Gasteiger partial charge in [-0.3, -0.25) is 0 Å². The summed E-state index contributed by atoms with van der Waals surface area (Å²) in [6.45, 7) is 0. The molecule has 2 aromatic heterocycles. The Morgan fingerprint density at radius 1 is 0.487 bits per heavy atom. The van der Waals surface area contributed by atoms with E-state index in [1.807, 2.05) is 0 Å². The van der Waals surface area contributed by atoms with E-state index in [0.29, 0.717) is 0 Å². The van der Waals surface area contributed by atoms with Crippen LogP contribution in [0.1, 0.15) is 0 Å². The molecule has 0 aliphatic rings. The first kappa shape index (κ1) is 22.9. The van der Waals surface area contributed by atoms with Crippen LogP contribution in [-0.4, -0.2) is 24.5 Å². The zero-order chi connectivity index (χ0) is 26.0. The normalized spacial score (nSPS) is 12.2. The predicted octanol–water partition coefficient (Wildman–Crippen LogP) is 7.32. The molecule has 0 N–H and O–H groups in total. The molecule has 0 unspecified atom stereocenters. The van der Waals surface area contributed by atoms with Crippen molar-refractivity contribution in [3.8, 4) is 0 Å². The Hall–Kier alpha value is -4.00. The number of imidazole rings is 1. The molecule has 4 heteroatoms. The number of hydrogen-bond donors (Lipinski definition) is 0. The first-order chi connectivity index (χ1) is 19.2. The number of nitrogens with zero attached hydrogens (tertiary/aromatic N) is 2. The monoisotopic (exact) mass is 582 g/mol. The standard InChI is InChI=1S/C35H23N2PSe/c39-38(24-12-3-1-4-13-24,25-14-5-2-6-15-25)33-21-11-18-28-27(33)22-23-29-26-16-7-8-17-30(26)35-36-31-19-9-10-20-32(31)37(35)34(28)29/h1-23H. The second kappa shape index (κ2) is 8.76. The van der Waals surface area contributed by atoms with Gasteiger partial charge >= 0.3 is 235 Å². The van der Waals surface area contributed by atoms with E-state index in [1.165, 1.54) is 48.4 Å². The molecule has 0 aliphatic heterocycles. The van der Waals surface area contributed by atoms with Gasteiger partial charge in [0.05, 0.1) is 0 Å². The van der Waals surface area contributed by atoms with Gasteiger partial charge in [-0.25, -0.2) is 0 Å². The summed E-state index contributed by atoms with van der Waals surface area (Å²) in [7, 11) is 0. The summed E-state index contributed by atoms with van der Waals surface area (Å²) in [6, 6.07) is 50.5. The molecule has 0 saturated carbocycles. The maximum atomic E-state index is 5.13. The minimum absolute atomic E-state index is 1.01. The summed E-state index contributed by atoms with van der Waals surface area (Å²) in [6.07, 6.45) is 0. The molecule has 0 saturated heterocycles. The number of para-hydroxylation sites is 2. The van der Waals surface area contributed by atoms with Crippen molar-refractivity contribution in [1.29, 1.82) is 0 Å². The first-order valence-corrected chi connectivity index (χ1v) is 17.1. The van der Waals surface area contributed by atoms with Crippen LogP contribution in [0.15, 0.2) is 140 Å². The van der Waals surface area contributed by atoms with Gasteiger partial charge in [0.2, 0.25) is 0 Å². The van der Waals surface area contributed by atoms with Gasteiger partial charge in [-0.15, -0.1) is 0 Å². The molecule has 2 nitrogen and oxygen atoms in total. The molecule has 2 heterocycles. The topological polar surface area (TPSA) is 17.3 Å². The zero-order valence-electron chi connectivity index (χ0n) is 21.0. The summed E-state index contributed by atoms with van der Waals surface area (Å²) < 4.78 is 2.38. The van der Waals surface area contributed by atoms with Gasteiger partial charge < -0.3 is 0 Å². The van der Waals surface area contributed by atoms with Crippen molar-refractivity contribution < 1.29 is 0 Å². The van der Waals surface area contributed by atoms with E-state index in [1.54, 1.807) is 0 Å². The van der Waals surface area contributed by atoms with Gasteiger partial charge in [0.1, 0.15) is 0 Å². The number of hydrogen-bond acceptors (Lipinski definition) is 1. The molecule has 6 aromatic carbocycles. The Balaban J connectivity index is 1.59. The van der Waals surface area contributed by atoms with Crippen molar-refractivity contribution in [3.63, 3.8) is 0 Å². The maximum absolute atomic E-state index is 5.13. The average molecular weight is 582 g/mol. The SMILES string of the molecule is [Se]=P(c1ccccc1)(c1ccccc1)c1cccc2c1ccc1c3ccccc3c3nc4ccccc4n3c21. The summed E-state index contributed by atoms with van der Waals surface area (Å²) in [4.78, 5) is 5.13. The van der Waals surface area contributed by atoms with E-state index < -0.39 is 5.51 Å². The van der Waals surface area contributed by atoms with Crippen molar-refractivity contribution in [2.45, 2.75) is 0 Å². The predicted molar refractivity (Wildman–Crippen MR) is 170 cm³/mol. The van der Waals surface area contributed by atoms with E-state index in [2.05, 4.69) is 159 Å². The van der Waals surface area contributed by atoms with Gasteiger partial charge in [-0.2, -0.15) is 0 Å². The van der Waals surface area contributed by atoms with Gasteiger partial charge in [0, 0.05) is 0 Å². The molecule has 8 rings (SSSR count). The molecule has 39 heavy (non-hydrogen) atoms. The molecule has 0 fully saturated rings. The number of fused-ring (bicyclic) bond motifs is 10. The Morgan fingerprint density at radius 2 is 1.05 bits per heavy atom. The van der Waals surface area contributed by atoms with Gasteiger partial charge in [-0.1, -0.05) is 0 Å². The Labute approximate surface area is 233 Å². The molecule has 0 spiro atoms. The fraction of sp³-hybridized carbons (Fsp3) is 0. The zero-order valence-corrected chi connectivity index (χ0v) is 23.6. The number of aromatic nitrogens is 2. The number of pyridine rings is 1. The van der Waals surface area contributed by atoms with Gasteiger partial charge in [-0.05, 0) is 0 Å². The van der Waals surface area contributed by atoms with Gasteiger partial charge in [0.15, 0.2) is 0 Å². The molecule has 0 bridgehead atoms. The first-order valence-electron chi connectivity index (χ1n) is 13.1. The van der Waals surface area contributed by atoms with Crippen LogP contribution < -0.4 is 15.9 Å². The number of rotatable bonds is 3. The quantitative estimate of drug-likeness (QED) is 0.121. The third kappa shape index (κ3) is 3.28. The molecule has 0 aliphatic carbocycles. The summed E-state index contributed by atoms with van der Waals surface area (Å²) in [5, 5.41) is 10.2. The van der Waals surface area contributed by atoms with Crippen molar-refractivity contribution in [3.05, 3.63) is 140 Å². The van der Waals surface area contributed by atoms with Crippen LogP contribution in [0.5, 0.6) is 0 Å². The van der Waals surface area contributed by atoms with Crippen LogP contribution in [0.2, 0.25) is 0 Å². The van der Waals surface area contributed by atoms with Crippen molar-refractivity contribution >= 4 is 85.6 Å². The van der Waals surface area contributed by atoms with Crippen LogP contribution in [-0.2, 0) is 0 Å². The van der Waals surface area contributed by atoms with Crippen LogP contribution in [0.25, 0.3) is 49.1 Å². The minimum atomic E-state index is -2.04. The summed E-state index contributed by atoms with van der Waals surface area (Å²) in [5.74, 6) is 0. The van der Waals surface area contributed by atoms with Crippen molar-refractivity contribution in [2.75, 3.05) is 0 Å². The molecule has 0 radical (unpaired) electrons. The van der Waals surface area contributed by atoms with Crippen LogP contribution in [0.4, 0.5) is 0 Å². The third-order valence-corrected chi connectivity index (χ3v) is 14.8. The fourth-order valence-electron chi connectivity index (χ4n) is 6.11. The van der Waals surface area contributed by atoms with E-state index in [9.17, 15) is 0 Å². The van der Waals surface area contributed by atoms with Crippen molar-refractivity contribution in [2.24, 2.45) is 0 Å². The summed E-state index contributed by atoms with van der Waals surface area (Å²) >= 11 is 3.76. The second-order valence-electron chi connectivity index (χ2n) is 9.92. The molecule has 0 atom stereocenters. The van der Waals surface area contributed by atoms with Crippen LogP contribution in [0, 0.1) is 0 Å². The average Bonchev–Trinajstić information content (AvgIpc) is 3.41. The van der Waals surface area contributed by atoms with Crippen molar-refractivity contribution in [1.82, 2.24) is 9.38 Å². The second-order valence-corrected chi connectivity index (χ2v) is 16.1. The van der Waals surface area contributed by atoms with Crippen LogP contribution >= 0.6 is 5.51 Å². The van der Waals surface area contributed by atoms with E-state index in [4.69, 9.17) is 4.98 Å².